The van der Waals surface area contributed by atoms with E-state index in [-0.39, 0.29) is 24.7 Å². The standard InChI is InChI=1S/C24H28ClFN4O/c1-17-22(18(2)30(27-17)21-11-9-20(25)10-12-21)15-24(31)29(14-13-28(3)4)16-19-7-5-6-8-23(19)26/h5-12H,13-16H2,1-4H3. The summed E-state index contributed by atoms with van der Waals surface area (Å²) in [5.74, 6) is -0.347. The van der Waals surface area contributed by atoms with Crippen molar-refractivity contribution in [3.05, 3.63) is 81.9 Å². The number of rotatable bonds is 8. The highest BCUT2D eigenvalue weighted by atomic mass is 35.5. The van der Waals surface area contributed by atoms with Crippen LogP contribution in [0.15, 0.2) is 48.5 Å². The summed E-state index contributed by atoms with van der Waals surface area (Å²) in [4.78, 5) is 17.0. The van der Waals surface area contributed by atoms with Crippen LogP contribution in [-0.4, -0.2) is 52.7 Å². The lowest BCUT2D eigenvalue weighted by Crippen LogP contribution is -2.37. The molecule has 1 amide bonds. The van der Waals surface area contributed by atoms with Gasteiger partial charge in [-0.05, 0) is 58.3 Å². The SMILES string of the molecule is Cc1nn(-c2ccc(Cl)cc2)c(C)c1CC(=O)N(CCN(C)C)Cc1ccccc1F. The maximum absolute atomic E-state index is 14.2. The van der Waals surface area contributed by atoms with Crippen molar-refractivity contribution in [2.24, 2.45) is 0 Å². The van der Waals surface area contributed by atoms with Crippen LogP contribution < -0.4 is 0 Å². The molecule has 31 heavy (non-hydrogen) atoms. The molecule has 0 unspecified atom stereocenters. The maximum Gasteiger partial charge on any atom is 0.227 e. The van der Waals surface area contributed by atoms with Crippen LogP contribution in [0.25, 0.3) is 5.69 Å². The van der Waals surface area contributed by atoms with E-state index >= 15 is 0 Å². The average molecular weight is 443 g/mol. The van der Waals surface area contributed by atoms with Gasteiger partial charge in [-0.2, -0.15) is 5.10 Å². The Kier molecular flexibility index (Phi) is 7.46. The van der Waals surface area contributed by atoms with Crippen molar-refractivity contribution in [2.75, 3.05) is 27.2 Å². The summed E-state index contributed by atoms with van der Waals surface area (Å²) < 4.78 is 16.0. The van der Waals surface area contributed by atoms with Gasteiger partial charge in [0.25, 0.3) is 0 Å². The Hall–Kier alpha value is -2.70. The van der Waals surface area contributed by atoms with E-state index in [0.29, 0.717) is 23.7 Å². The number of amides is 1. The summed E-state index contributed by atoms with van der Waals surface area (Å²) in [6, 6.07) is 14.0. The Labute approximate surface area is 188 Å². The van der Waals surface area contributed by atoms with Crippen LogP contribution in [-0.2, 0) is 17.8 Å². The van der Waals surface area contributed by atoms with Crippen LogP contribution in [0, 0.1) is 19.7 Å². The van der Waals surface area contributed by atoms with Crippen LogP contribution in [0.3, 0.4) is 0 Å². The van der Waals surface area contributed by atoms with E-state index in [1.54, 1.807) is 23.1 Å². The van der Waals surface area contributed by atoms with Gasteiger partial charge >= 0.3 is 0 Å². The molecule has 164 valence electrons. The highest BCUT2D eigenvalue weighted by molar-refractivity contribution is 6.30. The minimum absolute atomic E-state index is 0.0491. The van der Waals surface area contributed by atoms with Crippen molar-refractivity contribution in [1.29, 1.82) is 0 Å². The monoisotopic (exact) mass is 442 g/mol. The summed E-state index contributed by atoms with van der Waals surface area (Å²) in [6.07, 6.45) is 0.215. The van der Waals surface area contributed by atoms with E-state index in [4.69, 9.17) is 11.6 Å². The molecular formula is C24H28ClFN4O. The molecule has 0 saturated heterocycles. The first-order valence-electron chi connectivity index (χ1n) is 10.2. The molecule has 0 N–H and O–H groups in total. The van der Waals surface area contributed by atoms with Gasteiger partial charge in [0.05, 0.1) is 17.8 Å². The van der Waals surface area contributed by atoms with Crippen molar-refractivity contribution < 1.29 is 9.18 Å². The lowest BCUT2D eigenvalue weighted by atomic mass is 10.1. The first kappa shape index (κ1) is 23.0. The largest absolute Gasteiger partial charge is 0.337 e. The van der Waals surface area contributed by atoms with Crippen molar-refractivity contribution in [3.8, 4) is 5.69 Å². The second-order valence-corrected chi connectivity index (χ2v) is 8.36. The predicted molar refractivity (Wildman–Crippen MR) is 122 cm³/mol. The van der Waals surface area contributed by atoms with E-state index in [2.05, 4.69) is 5.10 Å². The Morgan fingerprint density at radius 2 is 1.74 bits per heavy atom. The summed E-state index contributed by atoms with van der Waals surface area (Å²) in [6.45, 7) is 5.32. The fourth-order valence-corrected chi connectivity index (χ4v) is 3.60. The van der Waals surface area contributed by atoms with E-state index in [1.807, 2.05) is 61.8 Å². The minimum Gasteiger partial charge on any atom is -0.337 e. The van der Waals surface area contributed by atoms with E-state index in [9.17, 15) is 9.18 Å². The van der Waals surface area contributed by atoms with Crippen LogP contribution in [0.2, 0.25) is 5.02 Å². The number of hydrogen-bond acceptors (Lipinski definition) is 3. The molecule has 0 aliphatic carbocycles. The molecule has 0 atom stereocenters. The number of carbonyl (C=O) groups excluding carboxylic acids is 1. The Morgan fingerprint density at radius 3 is 2.39 bits per heavy atom. The maximum atomic E-state index is 14.2. The molecule has 0 aliphatic heterocycles. The van der Waals surface area contributed by atoms with Gasteiger partial charge < -0.3 is 9.80 Å². The third-order valence-electron chi connectivity index (χ3n) is 5.33. The van der Waals surface area contributed by atoms with Gasteiger partial charge in [0.1, 0.15) is 5.82 Å². The number of aryl methyl sites for hydroxylation is 1. The topological polar surface area (TPSA) is 41.4 Å². The normalized spacial score (nSPS) is 11.2. The highest BCUT2D eigenvalue weighted by Gasteiger charge is 2.21. The molecule has 0 spiro atoms. The van der Waals surface area contributed by atoms with Crippen LogP contribution >= 0.6 is 11.6 Å². The number of nitrogens with zero attached hydrogens (tertiary/aromatic N) is 4. The van der Waals surface area contributed by atoms with Gasteiger partial charge in [-0.1, -0.05) is 29.8 Å². The molecule has 0 saturated carbocycles. The Bertz CT molecular complexity index is 1050. The zero-order valence-corrected chi connectivity index (χ0v) is 19.2. The first-order valence-corrected chi connectivity index (χ1v) is 10.6. The molecule has 3 rings (SSSR count). The van der Waals surface area contributed by atoms with E-state index < -0.39 is 0 Å². The third-order valence-corrected chi connectivity index (χ3v) is 5.58. The molecule has 5 nitrogen and oxygen atoms in total. The number of hydrogen-bond donors (Lipinski definition) is 0. The molecule has 0 aliphatic rings. The highest BCUT2D eigenvalue weighted by Crippen LogP contribution is 2.21. The molecule has 0 bridgehead atoms. The van der Waals surface area contributed by atoms with Gasteiger partial charge in [0, 0.05) is 41.5 Å². The zero-order chi connectivity index (χ0) is 22.5. The van der Waals surface area contributed by atoms with Crippen LogP contribution in [0.1, 0.15) is 22.5 Å². The number of likely N-dealkylation sites (N-methyl/N-ethyl adjacent to an activating group) is 1. The molecule has 0 fully saturated rings. The van der Waals surface area contributed by atoms with E-state index in [0.717, 1.165) is 22.6 Å². The Balaban J connectivity index is 1.83. The molecule has 1 heterocycles. The second kappa shape index (κ2) is 10.1. The van der Waals surface area contributed by atoms with Crippen molar-refractivity contribution in [1.82, 2.24) is 19.6 Å². The lowest BCUT2D eigenvalue weighted by molar-refractivity contribution is -0.131. The second-order valence-electron chi connectivity index (χ2n) is 7.92. The van der Waals surface area contributed by atoms with Gasteiger partial charge in [-0.25, -0.2) is 9.07 Å². The summed E-state index contributed by atoms with van der Waals surface area (Å²) in [5, 5.41) is 5.29. The smallest absolute Gasteiger partial charge is 0.227 e. The zero-order valence-electron chi connectivity index (χ0n) is 18.4. The molecule has 1 aromatic heterocycles. The minimum atomic E-state index is -0.298. The van der Waals surface area contributed by atoms with Gasteiger partial charge in [0.15, 0.2) is 0 Å². The van der Waals surface area contributed by atoms with Gasteiger partial charge in [-0.15, -0.1) is 0 Å². The summed E-state index contributed by atoms with van der Waals surface area (Å²) >= 11 is 6.00. The number of halogens is 2. The van der Waals surface area contributed by atoms with Crippen molar-refractivity contribution in [2.45, 2.75) is 26.8 Å². The van der Waals surface area contributed by atoms with Crippen LogP contribution in [0.4, 0.5) is 4.39 Å². The first-order chi connectivity index (χ1) is 14.8. The summed E-state index contributed by atoms with van der Waals surface area (Å²) in [5.41, 5.74) is 4.01. The molecule has 3 aromatic rings. The number of aromatic nitrogens is 2. The fraction of sp³-hybridized carbons (Fsp3) is 0.333. The number of benzene rings is 2. The lowest BCUT2D eigenvalue weighted by Gasteiger charge is -2.25. The molecule has 0 radical (unpaired) electrons. The number of carbonyl (C=O) groups is 1. The third kappa shape index (κ3) is 5.71. The summed E-state index contributed by atoms with van der Waals surface area (Å²) in [7, 11) is 3.91. The van der Waals surface area contributed by atoms with Crippen molar-refractivity contribution in [3.63, 3.8) is 0 Å². The molecular weight excluding hydrogens is 415 g/mol. The Morgan fingerprint density at radius 1 is 1.06 bits per heavy atom. The van der Waals surface area contributed by atoms with Crippen LogP contribution in [0.5, 0.6) is 0 Å². The molecule has 7 heteroatoms. The predicted octanol–water partition coefficient (Wildman–Crippen LogP) is 4.41. The molecule has 2 aromatic carbocycles. The van der Waals surface area contributed by atoms with Crippen molar-refractivity contribution >= 4 is 17.5 Å². The van der Waals surface area contributed by atoms with Gasteiger partial charge in [-0.3, -0.25) is 4.79 Å². The van der Waals surface area contributed by atoms with Gasteiger partial charge in [0.2, 0.25) is 5.91 Å². The fourth-order valence-electron chi connectivity index (χ4n) is 3.47. The average Bonchev–Trinajstić information content (AvgIpc) is 3.01. The quantitative estimate of drug-likeness (QED) is 0.518. The van der Waals surface area contributed by atoms with E-state index in [1.165, 1.54) is 6.07 Å².